The molecule has 0 aromatic rings. The maximum atomic E-state index is 9.77. The van der Waals surface area contributed by atoms with Crippen molar-refractivity contribution < 1.29 is 24.9 Å². The molecule has 1 radical (unpaired) electrons. The molecule has 0 rings (SSSR count). The predicted octanol–water partition coefficient (Wildman–Crippen LogP) is -1.28. The molecule has 0 aliphatic heterocycles. The van der Waals surface area contributed by atoms with E-state index >= 15 is 0 Å². The first kappa shape index (κ1) is 7.90. The molecule has 0 saturated carbocycles. The number of rotatable bonds is 2. The third kappa shape index (κ3) is 1.39. The summed E-state index contributed by atoms with van der Waals surface area (Å²) in [5, 5.41) is 24.2. The van der Waals surface area contributed by atoms with Gasteiger partial charge in [-0.25, -0.2) is 9.59 Å². The molecule has 0 unspecified atom stereocenters. The third-order valence-corrected chi connectivity index (χ3v) is 0.708. The van der Waals surface area contributed by atoms with Gasteiger partial charge in [-0.05, 0) is 0 Å². The Balaban J connectivity index is 4.38. The summed E-state index contributed by atoms with van der Waals surface area (Å²) in [6.45, 7) is 2.53. The number of carbonyl (C=O) groups is 2. The highest BCUT2D eigenvalue weighted by molar-refractivity contribution is 6.02. The van der Waals surface area contributed by atoms with Crippen molar-refractivity contribution in [3.8, 4) is 0 Å². The van der Waals surface area contributed by atoms with E-state index in [0.717, 1.165) is 0 Å². The van der Waals surface area contributed by atoms with Crippen LogP contribution in [0.2, 0.25) is 0 Å². The second-order valence-corrected chi connectivity index (χ2v) is 1.47. The van der Waals surface area contributed by atoms with E-state index in [1.807, 2.05) is 0 Å². The number of hydrogen-bond donors (Lipinski definition) is 3. The maximum Gasteiger partial charge on any atom is 0.347 e. The maximum absolute atomic E-state index is 9.77. The molecule has 51 valence electrons. The summed E-state index contributed by atoms with van der Waals surface area (Å²) in [5.74, 6) is -3.76. The minimum Gasteiger partial charge on any atom is -0.479 e. The third-order valence-electron chi connectivity index (χ3n) is 0.708. The second-order valence-electron chi connectivity index (χ2n) is 1.47. The molecule has 9 heavy (non-hydrogen) atoms. The van der Waals surface area contributed by atoms with E-state index in [-0.39, 0.29) is 0 Å². The van der Waals surface area contributed by atoms with E-state index in [0.29, 0.717) is 0 Å². The molecule has 0 aliphatic rings. The van der Waals surface area contributed by atoms with Crippen molar-refractivity contribution in [3.63, 3.8) is 0 Å². The van der Waals surface area contributed by atoms with Crippen LogP contribution in [0.1, 0.15) is 0 Å². The molecule has 0 atom stereocenters. The van der Waals surface area contributed by atoms with Crippen LogP contribution in [0, 0.1) is 6.92 Å². The van der Waals surface area contributed by atoms with Gasteiger partial charge in [0.1, 0.15) is 0 Å². The van der Waals surface area contributed by atoms with Gasteiger partial charge in [0.05, 0.1) is 0 Å². The lowest BCUT2D eigenvalue weighted by Gasteiger charge is -2.09. The van der Waals surface area contributed by atoms with Crippen LogP contribution in [0.5, 0.6) is 0 Å². The van der Waals surface area contributed by atoms with Crippen molar-refractivity contribution in [2.45, 2.75) is 5.60 Å². The van der Waals surface area contributed by atoms with E-state index in [1.54, 1.807) is 0 Å². The quantitative estimate of drug-likeness (QED) is 0.408. The van der Waals surface area contributed by atoms with Crippen molar-refractivity contribution >= 4 is 11.9 Å². The number of carboxylic acids is 2. The lowest BCUT2D eigenvalue weighted by Crippen LogP contribution is -2.43. The molecule has 0 amide bonds. The van der Waals surface area contributed by atoms with Crippen molar-refractivity contribution in [1.29, 1.82) is 0 Å². The van der Waals surface area contributed by atoms with Gasteiger partial charge in [0.2, 0.25) is 0 Å². The Morgan fingerprint density at radius 3 is 1.44 bits per heavy atom. The first-order valence-electron chi connectivity index (χ1n) is 1.93. The van der Waals surface area contributed by atoms with Gasteiger partial charge in [-0.1, -0.05) is 0 Å². The van der Waals surface area contributed by atoms with E-state index in [9.17, 15) is 9.59 Å². The highest BCUT2D eigenvalue weighted by Gasteiger charge is 2.38. The average Bonchev–Trinajstić information content (AvgIpc) is 1.65. The summed E-state index contributed by atoms with van der Waals surface area (Å²) in [7, 11) is 0. The molecule has 0 aliphatic carbocycles. The fraction of sp³-hybridized carbons (Fsp3) is 0.250. The van der Waals surface area contributed by atoms with Crippen molar-refractivity contribution in [1.82, 2.24) is 0 Å². The van der Waals surface area contributed by atoms with Gasteiger partial charge in [-0.15, -0.1) is 0 Å². The molecule has 0 aromatic carbocycles. The Morgan fingerprint density at radius 1 is 1.22 bits per heavy atom. The van der Waals surface area contributed by atoms with Crippen LogP contribution in [0.15, 0.2) is 0 Å². The fourth-order valence-corrected chi connectivity index (χ4v) is 0.0915. The normalized spacial score (nSPS) is 10.9. The van der Waals surface area contributed by atoms with Gasteiger partial charge in [-0.3, -0.25) is 0 Å². The SMILES string of the molecule is [CH2]C(O)(C(=O)O)C(=O)O. The smallest absolute Gasteiger partial charge is 0.347 e. The second kappa shape index (κ2) is 2.02. The van der Waals surface area contributed by atoms with Crippen molar-refractivity contribution in [3.05, 3.63) is 6.92 Å². The van der Waals surface area contributed by atoms with Gasteiger partial charge in [0, 0.05) is 6.92 Å². The lowest BCUT2D eigenvalue weighted by atomic mass is 10.1. The fourth-order valence-electron chi connectivity index (χ4n) is 0.0915. The Labute approximate surface area is 50.5 Å². The summed E-state index contributed by atoms with van der Waals surface area (Å²) >= 11 is 0. The minimum absolute atomic E-state index is 1.88. The summed E-state index contributed by atoms with van der Waals surface area (Å²) in [4.78, 5) is 19.5. The molecule has 0 spiro atoms. The van der Waals surface area contributed by atoms with E-state index in [4.69, 9.17) is 15.3 Å². The van der Waals surface area contributed by atoms with Gasteiger partial charge >= 0.3 is 11.9 Å². The largest absolute Gasteiger partial charge is 0.479 e. The van der Waals surface area contributed by atoms with Crippen molar-refractivity contribution in [2.75, 3.05) is 0 Å². The van der Waals surface area contributed by atoms with Crippen LogP contribution in [-0.4, -0.2) is 32.9 Å². The highest BCUT2D eigenvalue weighted by atomic mass is 16.4. The Morgan fingerprint density at radius 2 is 1.44 bits per heavy atom. The first-order chi connectivity index (χ1) is 3.89. The van der Waals surface area contributed by atoms with E-state index in [1.165, 1.54) is 0 Å². The highest BCUT2D eigenvalue weighted by Crippen LogP contribution is 2.00. The zero-order valence-corrected chi connectivity index (χ0v) is 4.37. The molecule has 0 bridgehead atoms. The zero-order chi connectivity index (χ0) is 7.65. The number of aliphatic hydroxyl groups is 1. The number of aliphatic carboxylic acids is 2. The van der Waals surface area contributed by atoms with Gasteiger partial charge in [-0.2, -0.15) is 0 Å². The van der Waals surface area contributed by atoms with Crippen molar-refractivity contribution in [2.24, 2.45) is 0 Å². The summed E-state index contributed by atoms with van der Waals surface area (Å²) in [5.41, 5.74) is -2.92. The Hall–Kier alpha value is -1.10. The van der Waals surface area contributed by atoms with Gasteiger partial charge < -0.3 is 15.3 Å². The van der Waals surface area contributed by atoms with Gasteiger partial charge in [0.25, 0.3) is 5.60 Å². The lowest BCUT2D eigenvalue weighted by molar-refractivity contribution is -0.170. The number of carboxylic acid groups (broad SMARTS) is 2. The van der Waals surface area contributed by atoms with E-state index < -0.39 is 17.5 Å². The predicted molar refractivity (Wildman–Crippen MR) is 25.6 cm³/mol. The van der Waals surface area contributed by atoms with Crippen LogP contribution in [0.3, 0.4) is 0 Å². The first-order valence-corrected chi connectivity index (χ1v) is 1.93. The molecule has 0 heterocycles. The van der Waals surface area contributed by atoms with Crippen LogP contribution < -0.4 is 0 Å². The minimum atomic E-state index is -2.92. The monoisotopic (exact) mass is 133 g/mol. The molecular weight excluding hydrogens is 128 g/mol. The summed E-state index contributed by atoms with van der Waals surface area (Å²) < 4.78 is 0. The Bertz CT molecular complexity index is 131. The van der Waals surface area contributed by atoms with Crippen LogP contribution >= 0.6 is 0 Å². The standard InChI is InChI=1S/C4H5O5/c1-4(9,2(5)6)3(7)8/h9H,1H2,(H,5,6)(H,7,8). The van der Waals surface area contributed by atoms with Crippen LogP contribution in [0.4, 0.5) is 0 Å². The topological polar surface area (TPSA) is 94.8 Å². The van der Waals surface area contributed by atoms with Gasteiger partial charge in [0.15, 0.2) is 0 Å². The molecular formula is C4H5O5. The molecule has 5 heteroatoms. The molecule has 3 N–H and O–H groups in total. The average molecular weight is 133 g/mol. The van der Waals surface area contributed by atoms with E-state index in [2.05, 4.69) is 6.92 Å². The molecule has 5 nitrogen and oxygen atoms in total. The molecule has 0 fully saturated rings. The Kier molecular flexibility index (Phi) is 1.77. The van der Waals surface area contributed by atoms with Crippen LogP contribution in [0.25, 0.3) is 0 Å². The summed E-state index contributed by atoms with van der Waals surface area (Å²) in [6, 6.07) is 0. The summed E-state index contributed by atoms with van der Waals surface area (Å²) in [6.07, 6.45) is 0. The van der Waals surface area contributed by atoms with Crippen LogP contribution in [-0.2, 0) is 9.59 Å². The molecule has 0 aromatic heterocycles. The molecule has 0 saturated heterocycles. The zero-order valence-electron chi connectivity index (χ0n) is 4.37. The number of hydrogen-bond acceptors (Lipinski definition) is 3.